The molecule has 5 aliphatic rings. The van der Waals surface area contributed by atoms with Gasteiger partial charge >= 0.3 is 11.9 Å². The molecule has 0 aliphatic carbocycles. The minimum Gasteiger partial charge on any atom is -0.465 e. The molecule has 8 nitrogen and oxygen atoms in total. The number of hydrogen-bond acceptors (Lipinski definition) is 7. The van der Waals surface area contributed by atoms with Crippen molar-refractivity contribution in [3.8, 4) is 5.75 Å². The summed E-state index contributed by atoms with van der Waals surface area (Å²) in [4.78, 5) is 48.3. The van der Waals surface area contributed by atoms with Crippen molar-refractivity contribution >= 4 is 52.1 Å². The molecule has 1 N–H and O–H groups in total. The predicted molar refractivity (Wildman–Crippen MR) is 179 cm³/mol. The molecule has 1 spiro atoms. The van der Waals surface area contributed by atoms with Gasteiger partial charge in [-0.2, -0.15) is 0 Å². The second-order valence-electron chi connectivity index (χ2n) is 14.4. The Balaban J connectivity index is 1.50. The molecule has 0 radical (unpaired) electrons. The van der Waals surface area contributed by atoms with Crippen LogP contribution < -0.4 is 19.9 Å². The predicted octanol–water partition coefficient (Wildman–Crippen LogP) is 5.91. The smallest absolute Gasteiger partial charge is 0.336 e. The number of nitrogens with one attached hydrogen (secondary N) is 1. The van der Waals surface area contributed by atoms with Crippen molar-refractivity contribution in [3.05, 3.63) is 82.9 Å². The monoisotopic (exact) mass is 635 g/mol. The van der Waals surface area contributed by atoms with Gasteiger partial charge in [0.05, 0.1) is 18.2 Å². The van der Waals surface area contributed by atoms with Crippen LogP contribution in [0.2, 0.25) is 0 Å². The molecule has 0 bridgehead atoms. The maximum absolute atomic E-state index is 15.3. The van der Waals surface area contributed by atoms with E-state index in [0.717, 1.165) is 42.7 Å². The van der Waals surface area contributed by atoms with Crippen LogP contribution in [0.15, 0.2) is 60.7 Å². The largest absolute Gasteiger partial charge is 0.465 e. The van der Waals surface area contributed by atoms with Crippen molar-refractivity contribution in [1.29, 1.82) is 0 Å². The summed E-state index contributed by atoms with van der Waals surface area (Å²) in [6.45, 7) is 12.4. The topological polar surface area (TPSA) is 88.2 Å². The first kappa shape index (κ1) is 29.2. The maximum Gasteiger partial charge on any atom is 0.336 e. The lowest BCUT2D eigenvalue weighted by Gasteiger charge is -2.50. The number of nitrogens with zero attached hydrogens (tertiary/aromatic N) is 2. The molecule has 1 fully saturated rings. The number of ether oxygens (including phenoxy) is 2. The molecule has 3 aromatic carbocycles. The number of amides is 1. The molecule has 5 heterocycles. The summed E-state index contributed by atoms with van der Waals surface area (Å²) in [5.74, 6) is -2.54. The summed E-state index contributed by atoms with van der Waals surface area (Å²) in [6, 6.07) is 19.1. The van der Waals surface area contributed by atoms with E-state index in [1.807, 2.05) is 54.6 Å². The number of hydrogen-bond donors (Lipinski definition) is 1. The van der Waals surface area contributed by atoms with Crippen molar-refractivity contribution < 1.29 is 23.9 Å². The number of carbonyl (C=O) groups is 3. The summed E-state index contributed by atoms with van der Waals surface area (Å²) in [6.07, 6.45) is 1.81. The number of esters is 2. The standard InChI is InChI=1S/C37H37N3O5S/c1-6-44-32(42)36-29(37(38-30(36)46)23-14-10-11-15-25(23)40(31(37)41)21-12-8-7-9-13-21)22-20-24-27-26(28(22)45-33(36)43)35(4,5)17-19-39(27)18-16-34(24,2)3/h7-15,20,29H,6,16-19H2,1-5H3,(H,38,46)/t29-,36+,37+/m1/s1. The fourth-order valence-corrected chi connectivity index (χ4v) is 9.17. The summed E-state index contributed by atoms with van der Waals surface area (Å²) < 4.78 is 12.0. The zero-order chi connectivity index (χ0) is 32.4. The van der Waals surface area contributed by atoms with E-state index >= 15 is 4.79 Å². The number of fused-ring (bicyclic) bond motifs is 7. The van der Waals surface area contributed by atoms with Crippen molar-refractivity contribution in [2.45, 2.75) is 69.7 Å². The number of thiocarbonyl (C=S) groups is 1. The first-order chi connectivity index (χ1) is 21.9. The Kier molecular flexibility index (Phi) is 5.97. The molecule has 8 rings (SSSR count). The lowest BCUT2D eigenvalue weighted by atomic mass is 9.60. The lowest BCUT2D eigenvalue weighted by Crippen LogP contribution is -2.56. The van der Waals surface area contributed by atoms with Crippen LogP contribution in [0.5, 0.6) is 5.75 Å². The van der Waals surface area contributed by atoms with Crippen LogP contribution >= 0.6 is 12.2 Å². The number of anilines is 3. The van der Waals surface area contributed by atoms with Gasteiger partial charge in [-0.05, 0) is 60.4 Å². The molecule has 1 amide bonds. The Labute approximate surface area is 274 Å². The van der Waals surface area contributed by atoms with Crippen LogP contribution in [-0.4, -0.2) is 42.5 Å². The second kappa shape index (κ2) is 9.41. The fraction of sp³-hybridized carbons (Fsp3) is 0.405. The van der Waals surface area contributed by atoms with Gasteiger partial charge in [0.1, 0.15) is 10.7 Å². The molecule has 5 aliphatic heterocycles. The summed E-state index contributed by atoms with van der Waals surface area (Å²) in [5, 5.41) is 3.34. The van der Waals surface area contributed by atoms with E-state index < -0.39 is 28.8 Å². The average Bonchev–Trinajstić information content (AvgIpc) is 3.45. The molecule has 1 saturated heterocycles. The molecule has 0 unspecified atom stereocenters. The Morgan fingerprint density at radius 1 is 0.978 bits per heavy atom. The summed E-state index contributed by atoms with van der Waals surface area (Å²) in [7, 11) is 0. The van der Waals surface area contributed by atoms with Gasteiger partial charge in [-0.1, -0.05) is 76.3 Å². The zero-order valence-electron chi connectivity index (χ0n) is 26.7. The van der Waals surface area contributed by atoms with Gasteiger partial charge in [0.2, 0.25) is 5.41 Å². The fourth-order valence-electron chi connectivity index (χ4n) is 8.73. The van der Waals surface area contributed by atoms with E-state index in [2.05, 4.69) is 44.0 Å². The number of para-hydroxylation sites is 2. The van der Waals surface area contributed by atoms with Crippen molar-refractivity contribution in [3.63, 3.8) is 0 Å². The molecule has 0 aromatic heterocycles. The van der Waals surface area contributed by atoms with Crippen LogP contribution in [0, 0.1) is 5.41 Å². The highest BCUT2D eigenvalue weighted by Gasteiger charge is 2.78. The van der Waals surface area contributed by atoms with Crippen LogP contribution in [-0.2, 0) is 35.5 Å². The average molecular weight is 636 g/mol. The first-order valence-corrected chi connectivity index (χ1v) is 16.5. The third-order valence-corrected chi connectivity index (χ3v) is 11.5. The van der Waals surface area contributed by atoms with Gasteiger partial charge in [-0.25, -0.2) is 4.79 Å². The minimum absolute atomic E-state index is 0.0359. The second-order valence-corrected chi connectivity index (χ2v) is 14.8. The summed E-state index contributed by atoms with van der Waals surface area (Å²) in [5.41, 5.74) is 1.63. The third-order valence-electron chi connectivity index (χ3n) is 11.1. The minimum atomic E-state index is -2.06. The van der Waals surface area contributed by atoms with Crippen LogP contribution in [0.1, 0.15) is 75.6 Å². The van der Waals surface area contributed by atoms with Crippen molar-refractivity contribution in [1.82, 2.24) is 5.32 Å². The van der Waals surface area contributed by atoms with Gasteiger partial charge in [0.25, 0.3) is 5.91 Å². The molecule has 3 atom stereocenters. The zero-order valence-corrected chi connectivity index (χ0v) is 27.5. The molecule has 0 saturated carbocycles. The molecule has 236 valence electrons. The highest BCUT2D eigenvalue weighted by molar-refractivity contribution is 7.80. The van der Waals surface area contributed by atoms with Gasteiger partial charge in [0, 0.05) is 41.2 Å². The highest BCUT2D eigenvalue weighted by atomic mass is 32.1. The van der Waals surface area contributed by atoms with Gasteiger partial charge in [0.15, 0.2) is 5.54 Å². The maximum atomic E-state index is 15.3. The van der Waals surface area contributed by atoms with E-state index in [-0.39, 0.29) is 28.3 Å². The number of rotatable bonds is 3. The quantitative estimate of drug-likeness (QED) is 0.165. The summed E-state index contributed by atoms with van der Waals surface area (Å²) >= 11 is 5.98. The molecule has 9 heteroatoms. The van der Waals surface area contributed by atoms with Crippen LogP contribution in [0.25, 0.3) is 0 Å². The van der Waals surface area contributed by atoms with Crippen LogP contribution in [0.3, 0.4) is 0 Å². The van der Waals surface area contributed by atoms with E-state index in [1.165, 1.54) is 0 Å². The van der Waals surface area contributed by atoms with E-state index in [9.17, 15) is 9.59 Å². The van der Waals surface area contributed by atoms with E-state index in [1.54, 1.807) is 11.8 Å². The molecule has 3 aromatic rings. The molecular formula is C37H37N3O5S. The highest BCUT2D eigenvalue weighted by Crippen LogP contribution is 2.66. The normalized spacial score (nSPS) is 27.8. The van der Waals surface area contributed by atoms with E-state index in [0.29, 0.717) is 28.3 Å². The first-order valence-electron chi connectivity index (χ1n) is 16.1. The Bertz CT molecular complexity index is 1880. The SMILES string of the molecule is CCOC(=O)[C@]12C(=O)Oc3c(cc4c5c3C(C)(C)CCN5CCC4(C)C)[C@H]1[C@]1(NC2=S)C(=O)N(c2ccccc2)c2ccccc21. The molecule has 46 heavy (non-hydrogen) atoms. The Morgan fingerprint density at radius 3 is 2.37 bits per heavy atom. The van der Waals surface area contributed by atoms with Crippen molar-refractivity contribution in [2.75, 3.05) is 29.5 Å². The number of carbonyl (C=O) groups excluding carboxylic acids is 3. The van der Waals surface area contributed by atoms with Gasteiger partial charge < -0.3 is 19.7 Å². The van der Waals surface area contributed by atoms with Crippen LogP contribution in [0.4, 0.5) is 17.1 Å². The third kappa shape index (κ3) is 3.39. The van der Waals surface area contributed by atoms with Gasteiger partial charge in [-0.15, -0.1) is 0 Å². The molecular weight excluding hydrogens is 598 g/mol. The lowest BCUT2D eigenvalue weighted by molar-refractivity contribution is -0.164. The van der Waals surface area contributed by atoms with Crippen molar-refractivity contribution in [2.24, 2.45) is 5.41 Å². The number of benzene rings is 3. The Hall–Kier alpha value is -4.24. The van der Waals surface area contributed by atoms with Gasteiger partial charge in [-0.3, -0.25) is 14.5 Å². The Morgan fingerprint density at radius 2 is 1.65 bits per heavy atom. The van der Waals surface area contributed by atoms with E-state index in [4.69, 9.17) is 21.7 Å².